The number of likely N-dealkylation sites (N-methyl/N-ethyl adjacent to an activating group) is 1. The normalized spacial score (nSPS) is 16.6. The maximum Gasteiger partial charge on any atom is 0.257 e. The van der Waals surface area contributed by atoms with Gasteiger partial charge in [0.2, 0.25) is 10.0 Å². The summed E-state index contributed by atoms with van der Waals surface area (Å²) in [6.07, 6.45) is 3.73. The van der Waals surface area contributed by atoms with Gasteiger partial charge in [-0.25, -0.2) is 18.4 Å². The van der Waals surface area contributed by atoms with Crippen molar-refractivity contribution in [2.45, 2.75) is 28.2 Å². The molecule has 2 aromatic heterocycles. The van der Waals surface area contributed by atoms with Crippen LogP contribution in [0.1, 0.15) is 23.2 Å². The van der Waals surface area contributed by atoms with Crippen LogP contribution in [0.2, 0.25) is 0 Å². The summed E-state index contributed by atoms with van der Waals surface area (Å²) in [5.74, 6) is -0.346. The number of amides is 1. The summed E-state index contributed by atoms with van der Waals surface area (Å²) in [6, 6.07) is 9.79. The van der Waals surface area contributed by atoms with Gasteiger partial charge in [0.05, 0.1) is 31.4 Å². The predicted octanol–water partition coefficient (Wildman–Crippen LogP) is 4.68. The molecule has 178 valence electrons. The second-order valence-electron chi connectivity index (χ2n) is 7.86. The Balaban J connectivity index is 1.31. The lowest BCUT2D eigenvalue weighted by molar-refractivity contribution is 0.0979. The SMILES string of the molecule is CSc1nc2ccc3nc(NC(=O)c4ccc(S(=O)(=O)N(C)CC5CCCO5)cc4)sc3c2s1. The standard InChI is InChI=1S/C22H22N4O4S4/c1-26(12-14-4-3-11-30-14)34(28,29)15-7-5-13(6-8-15)20(27)25-21-23-16-9-10-17-19(18(16)32-21)33-22(24-17)31-2/h5-10,14H,3-4,11-12H2,1-2H3,(H,23,25,27). The van der Waals surface area contributed by atoms with E-state index in [2.05, 4.69) is 15.3 Å². The van der Waals surface area contributed by atoms with Gasteiger partial charge in [0.1, 0.15) is 0 Å². The highest BCUT2D eigenvalue weighted by Crippen LogP contribution is 2.38. The van der Waals surface area contributed by atoms with E-state index >= 15 is 0 Å². The maximum absolute atomic E-state index is 12.9. The Hall–Kier alpha value is -2.09. The van der Waals surface area contributed by atoms with Crippen LogP contribution in [0.3, 0.4) is 0 Å². The van der Waals surface area contributed by atoms with Crippen molar-refractivity contribution in [1.82, 2.24) is 14.3 Å². The predicted molar refractivity (Wildman–Crippen MR) is 138 cm³/mol. The zero-order chi connectivity index (χ0) is 23.9. The second kappa shape index (κ2) is 9.51. The summed E-state index contributed by atoms with van der Waals surface area (Å²) in [5, 5.41) is 3.32. The lowest BCUT2D eigenvalue weighted by Gasteiger charge is -2.20. The number of hydrogen-bond donors (Lipinski definition) is 1. The largest absolute Gasteiger partial charge is 0.377 e. The van der Waals surface area contributed by atoms with Crippen LogP contribution in [0.15, 0.2) is 45.6 Å². The first kappa shape index (κ1) is 23.6. The Kier molecular flexibility index (Phi) is 6.62. The van der Waals surface area contributed by atoms with Crippen molar-refractivity contribution < 1.29 is 17.9 Å². The molecule has 1 aliphatic rings. The molecule has 12 heteroatoms. The monoisotopic (exact) mass is 534 g/mol. The molecule has 1 fully saturated rings. The molecule has 34 heavy (non-hydrogen) atoms. The van der Waals surface area contributed by atoms with Crippen molar-refractivity contribution in [3.05, 3.63) is 42.0 Å². The van der Waals surface area contributed by atoms with Crippen LogP contribution in [0, 0.1) is 0 Å². The lowest BCUT2D eigenvalue weighted by Crippen LogP contribution is -2.34. The number of carbonyl (C=O) groups excluding carboxylic acids is 1. The molecule has 0 radical (unpaired) electrons. The Bertz CT molecular complexity index is 1460. The number of anilines is 1. The fraction of sp³-hybridized carbons (Fsp3) is 0.318. The fourth-order valence-corrected chi connectivity index (χ4v) is 7.65. The highest BCUT2D eigenvalue weighted by molar-refractivity contribution is 8.00. The summed E-state index contributed by atoms with van der Waals surface area (Å²) >= 11 is 4.62. The van der Waals surface area contributed by atoms with Crippen molar-refractivity contribution in [2.24, 2.45) is 0 Å². The van der Waals surface area contributed by atoms with E-state index in [0.717, 1.165) is 37.6 Å². The van der Waals surface area contributed by atoms with E-state index in [1.807, 2.05) is 18.4 Å². The molecule has 1 unspecified atom stereocenters. The fourth-order valence-electron chi connectivity index (χ4n) is 3.79. The number of hydrogen-bond acceptors (Lipinski definition) is 9. The molecule has 1 aliphatic heterocycles. The highest BCUT2D eigenvalue weighted by Gasteiger charge is 2.26. The Morgan fingerprint density at radius 2 is 1.85 bits per heavy atom. The molecule has 3 heterocycles. The van der Waals surface area contributed by atoms with Crippen molar-refractivity contribution in [2.75, 3.05) is 31.8 Å². The number of nitrogens with zero attached hydrogens (tertiary/aromatic N) is 3. The van der Waals surface area contributed by atoms with Crippen molar-refractivity contribution in [3.63, 3.8) is 0 Å². The third kappa shape index (κ3) is 4.58. The summed E-state index contributed by atoms with van der Waals surface area (Å²) < 4.78 is 35.6. The quantitative estimate of drug-likeness (QED) is 0.344. The molecule has 1 amide bonds. The zero-order valence-corrected chi connectivity index (χ0v) is 21.7. The maximum atomic E-state index is 12.9. The molecule has 0 spiro atoms. The van der Waals surface area contributed by atoms with Crippen molar-refractivity contribution in [3.8, 4) is 0 Å². The first-order chi connectivity index (χ1) is 16.3. The Morgan fingerprint density at radius 3 is 2.53 bits per heavy atom. The van der Waals surface area contributed by atoms with Gasteiger partial charge in [-0.3, -0.25) is 10.1 Å². The van der Waals surface area contributed by atoms with E-state index in [4.69, 9.17) is 4.74 Å². The molecule has 8 nitrogen and oxygen atoms in total. The van der Waals surface area contributed by atoms with E-state index in [-0.39, 0.29) is 16.9 Å². The van der Waals surface area contributed by atoms with Crippen LogP contribution in [-0.4, -0.2) is 61.2 Å². The van der Waals surface area contributed by atoms with E-state index < -0.39 is 10.0 Å². The van der Waals surface area contributed by atoms with Gasteiger partial charge in [-0.15, -0.1) is 11.3 Å². The van der Waals surface area contributed by atoms with Crippen LogP contribution in [0.5, 0.6) is 0 Å². The highest BCUT2D eigenvalue weighted by atomic mass is 32.2. The van der Waals surface area contributed by atoms with Gasteiger partial charge in [-0.2, -0.15) is 4.31 Å². The number of thioether (sulfide) groups is 1. The van der Waals surface area contributed by atoms with Gasteiger partial charge >= 0.3 is 0 Å². The number of sulfonamides is 1. The number of benzene rings is 2. The zero-order valence-electron chi connectivity index (χ0n) is 18.5. The van der Waals surface area contributed by atoms with Crippen LogP contribution in [-0.2, 0) is 14.8 Å². The minimum absolute atomic E-state index is 0.0721. The minimum Gasteiger partial charge on any atom is -0.377 e. The van der Waals surface area contributed by atoms with Crippen LogP contribution in [0.4, 0.5) is 5.13 Å². The van der Waals surface area contributed by atoms with E-state index in [1.54, 1.807) is 30.1 Å². The third-order valence-corrected chi connectivity index (χ3v) is 10.6. The van der Waals surface area contributed by atoms with Gasteiger partial charge < -0.3 is 4.74 Å². The van der Waals surface area contributed by atoms with Crippen molar-refractivity contribution >= 4 is 75.9 Å². The van der Waals surface area contributed by atoms with Gasteiger partial charge in [-0.1, -0.05) is 23.1 Å². The topological polar surface area (TPSA) is 101 Å². The molecular weight excluding hydrogens is 513 g/mol. The molecule has 0 aliphatic carbocycles. The smallest absolute Gasteiger partial charge is 0.257 e. The molecule has 0 saturated carbocycles. The molecule has 1 atom stereocenters. The number of aromatic nitrogens is 2. The Labute approximate surface area is 209 Å². The average Bonchev–Trinajstić information content (AvgIpc) is 3.57. The van der Waals surface area contributed by atoms with Crippen molar-refractivity contribution in [1.29, 1.82) is 0 Å². The molecule has 2 aromatic carbocycles. The number of thiazole rings is 2. The number of nitrogens with one attached hydrogen (secondary N) is 1. The number of rotatable bonds is 7. The third-order valence-electron chi connectivity index (χ3n) is 5.60. The molecule has 0 bridgehead atoms. The van der Waals surface area contributed by atoms with Crippen LogP contribution < -0.4 is 5.32 Å². The van der Waals surface area contributed by atoms with Crippen LogP contribution >= 0.6 is 34.4 Å². The summed E-state index contributed by atoms with van der Waals surface area (Å²) in [4.78, 5) is 22.1. The molecular formula is C22H22N4O4S4. The first-order valence-corrected chi connectivity index (χ1v) is 14.9. The summed E-state index contributed by atoms with van der Waals surface area (Å²) in [6.45, 7) is 0.985. The summed E-state index contributed by atoms with van der Waals surface area (Å²) in [7, 11) is -2.11. The molecule has 4 aromatic rings. The number of carbonyl (C=O) groups is 1. The summed E-state index contributed by atoms with van der Waals surface area (Å²) in [5.41, 5.74) is 2.08. The van der Waals surface area contributed by atoms with Gasteiger partial charge in [0, 0.05) is 25.8 Å². The average molecular weight is 535 g/mol. The Morgan fingerprint density at radius 1 is 1.15 bits per heavy atom. The van der Waals surface area contributed by atoms with Crippen LogP contribution in [0.25, 0.3) is 20.4 Å². The molecule has 5 rings (SSSR count). The minimum atomic E-state index is -3.66. The van der Waals surface area contributed by atoms with E-state index in [0.29, 0.717) is 23.8 Å². The first-order valence-electron chi connectivity index (χ1n) is 10.6. The number of fused-ring (bicyclic) bond motifs is 3. The van der Waals surface area contributed by atoms with E-state index in [9.17, 15) is 13.2 Å². The molecule has 1 saturated heterocycles. The van der Waals surface area contributed by atoms with E-state index in [1.165, 1.54) is 39.9 Å². The lowest BCUT2D eigenvalue weighted by atomic mass is 10.2. The van der Waals surface area contributed by atoms with Gasteiger partial charge in [0.25, 0.3) is 5.91 Å². The van der Waals surface area contributed by atoms with Gasteiger partial charge in [0.15, 0.2) is 9.47 Å². The van der Waals surface area contributed by atoms with Gasteiger partial charge in [-0.05, 0) is 55.5 Å². The number of ether oxygens (including phenoxy) is 1. The second-order valence-corrected chi connectivity index (χ2v) is 13.0. The molecule has 1 N–H and O–H groups in total.